The fourth-order valence-electron chi connectivity index (χ4n) is 3.26. The van der Waals surface area contributed by atoms with Crippen LogP contribution < -0.4 is 5.32 Å². The molecule has 1 aliphatic heterocycles. The van der Waals surface area contributed by atoms with E-state index in [1.54, 1.807) is 11.3 Å². The van der Waals surface area contributed by atoms with Gasteiger partial charge in [0.15, 0.2) is 0 Å². The molecule has 24 heavy (non-hydrogen) atoms. The fourth-order valence-corrected chi connectivity index (χ4v) is 3.89. The molecule has 128 valence electrons. The van der Waals surface area contributed by atoms with E-state index in [0.717, 1.165) is 60.2 Å². The van der Waals surface area contributed by atoms with Gasteiger partial charge in [0.1, 0.15) is 0 Å². The first-order valence-electron chi connectivity index (χ1n) is 8.64. The minimum Gasteiger partial charge on any atom is -0.339 e. The van der Waals surface area contributed by atoms with Crippen molar-refractivity contribution < 1.29 is 4.79 Å². The predicted octanol–water partition coefficient (Wildman–Crippen LogP) is 3.58. The van der Waals surface area contributed by atoms with Crippen molar-refractivity contribution >= 4 is 17.2 Å². The van der Waals surface area contributed by atoms with Gasteiger partial charge in [0.25, 0.3) is 5.91 Å². The van der Waals surface area contributed by atoms with E-state index >= 15 is 0 Å². The molecule has 1 aromatic heterocycles. The lowest BCUT2D eigenvalue weighted by molar-refractivity contribution is 0.0687. The summed E-state index contributed by atoms with van der Waals surface area (Å²) < 4.78 is 0. The maximum absolute atomic E-state index is 12.8. The maximum Gasteiger partial charge on any atom is 0.253 e. The number of nitrogens with one attached hydrogen (secondary N) is 1. The molecule has 1 aliphatic rings. The number of hydrogen-bond acceptors (Lipinski definition) is 4. The number of carbonyl (C=O) groups excluding carboxylic acids is 1. The molecule has 0 spiro atoms. The van der Waals surface area contributed by atoms with Crippen LogP contribution in [0.5, 0.6) is 0 Å². The number of hydrogen-bond donors (Lipinski definition) is 1. The number of nitrogens with zero attached hydrogens (tertiary/aromatic N) is 2. The molecule has 1 N–H and O–H groups in total. The Kier molecular flexibility index (Phi) is 5.63. The lowest BCUT2D eigenvalue weighted by Gasteiger charge is -2.32. The molecular weight excluding hydrogens is 318 g/mol. The van der Waals surface area contributed by atoms with Crippen molar-refractivity contribution in [3.8, 4) is 11.3 Å². The molecule has 4 nitrogen and oxygen atoms in total. The number of thiazole rings is 1. The smallest absolute Gasteiger partial charge is 0.253 e. The lowest BCUT2D eigenvalue weighted by atomic mass is 9.93. The van der Waals surface area contributed by atoms with Crippen molar-refractivity contribution in [2.75, 3.05) is 26.7 Å². The zero-order valence-corrected chi connectivity index (χ0v) is 15.2. The SMILES string of the molecule is CNCCC1CCN(C(=O)c2cccc(-c3csc(C)n3)c2)CC1. The highest BCUT2D eigenvalue weighted by Crippen LogP contribution is 2.25. The van der Waals surface area contributed by atoms with Crippen LogP contribution in [0.4, 0.5) is 0 Å². The summed E-state index contributed by atoms with van der Waals surface area (Å²) in [7, 11) is 2.00. The van der Waals surface area contributed by atoms with Crippen LogP contribution in [-0.4, -0.2) is 42.5 Å². The molecule has 0 unspecified atom stereocenters. The van der Waals surface area contributed by atoms with E-state index in [9.17, 15) is 4.79 Å². The summed E-state index contributed by atoms with van der Waals surface area (Å²) in [5.74, 6) is 0.890. The molecule has 1 amide bonds. The van der Waals surface area contributed by atoms with Gasteiger partial charge in [-0.3, -0.25) is 4.79 Å². The highest BCUT2D eigenvalue weighted by Gasteiger charge is 2.23. The van der Waals surface area contributed by atoms with Gasteiger partial charge in [-0.05, 0) is 57.8 Å². The normalized spacial score (nSPS) is 15.7. The van der Waals surface area contributed by atoms with E-state index in [4.69, 9.17) is 0 Å². The van der Waals surface area contributed by atoms with Crippen LogP contribution in [0.15, 0.2) is 29.6 Å². The zero-order valence-electron chi connectivity index (χ0n) is 14.4. The Morgan fingerprint density at radius 1 is 1.38 bits per heavy atom. The molecule has 5 heteroatoms. The van der Waals surface area contributed by atoms with Crippen LogP contribution in [0.1, 0.15) is 34.6 Å². The van der Waals surface area contributed by atoms with Gasteiger partial charge in [0.05, 0.1) is 10.7 Å². The van der Waals surface area contributed by atoms with Gasteiger partial charge in [-0.15, -0.1) is 11.3 Å². The molecule has 2 heterocycles. The van der Waals surface area contributed by atoms with Gasteiger partial charge in [-0.2, -0.15) is 0 Å². The highest BCUT2D eigenvalue weighted by molar-refractivity contribution is 7.09. The van der Waals surface area contributed by atoms with Crippen molar-refractivity contribution in [1.82, 2.24) is 15.2 Å². The number of aromatic nitrogens is 1. The monoisotopic (exact) mass is 343 g/mol. The predicted molar refractivity (Wildman–Crippen MR) is 99.5 cm³/mol. The molecule has 0 radical (unpaired) electrons. The van der Waals surface area contributed by atoms with Crippen LogP contribution in [0.3, 0.4) is 0 Å². The first kappa shape index (κ1) is 17.1. The number of piperidine rings is 1. The summed E-state index contributed by atoms with van der Waals surface area (Å²) in [6.45, 7) is 4.80. The number of benzene rings is 1. The largest absolute Gasteiger partial charge is 0.339 e. The second-order valence-corrected chi connectivity index (χ2v) is 7.52. The number of amides is 1. The summed E-state index contributed by atoms with van der Waals surface area (Å²) in [5.41, 5.74) is 2.75. The molecule has 0 saturated carbocycles. The minimum absolute atomic E-state index is 0.149. The fraction of sp³-hybridized carbons (Fsp3) is 0.474. The van der Waals surface area contributed by atoms with Crippen molar-refractivity contribution in [2.24, 2.45) is 5.92 Å². The Morgan fingerprint density at radius 2 is 2.17 bits per heavy atom. The van der Waals surface area contributed by atoms with Gasteiger partial charge in [-0.1, -0.05) is 12.1 Å². The summed E-state index contributed by atoms with van der Waals surface area (Å²) in [4.78, 5) is 19.3. The topological polar surface area (TPSA) is 45.2 Å². The third kappa shape index (κ3) is 4.02. The second-order valence-electron chi connectivity index (χ2n) is 6.46. The van der Waals surface area contributed by atoms with Gasteiger partial charge in [0.2, 0.25) is 0 Å². The second kappa shape index (κ2) is 7.90. The summed E-state index contributed by atoms with van der Waals surface area (Å²) >= 11 is 1.64. The molecule has 1 aromatic carbocycles. The number of carbonyl (C=O) groups is 1. The molecule has 0 aliphatic carbocycles. The Balaban J connectivity index is 1.65. The molecule has 0 atom stereocenters. The highest BCUT2D eigenvalue weighted by atomic mass is 32.1. The van der Waals surface area contributed by atoms with Gasteiger partial charge >= 0.3 is 0 Å². The van der Waals surface area contributed by atoms with Crippen LogP contribution in [0.2, 0.25) is 0 Å². The van der Waals surface area contributed by atoms with Crippen LogP contribution >= 0.6 is 11.3 Å². The maximum atomic E-state index is 12.8. The molecule has 2 aromatic rings. The van der Waals surface area contributed by atoms with E-state index in [1.165, 1.54) is 6.42 Å². The van der Waals surface area contributed by atoms with Crippen LogP contribution in [0.25, 0.3) is 11.3 Å². The molecular formula is C19H25N3OS. The summed E-state index contributed by atoms with van der Waals surface area (Å²) in [6.07, 6.45) is 3.42. The van der Waals surface area contributed by atoms with Crippen LogP contribution in [-0.2, 0) is 0 Å². The quantitative estimate of drug-likeness (QED) is 0.902. The van der Waals surface area contributed by atoms with E-state index in [2.05, 4.69) is 10.3 Å². The standard InChI is InChI=1S/C19H25N3OS/c1-14-21-18(13-24-14)16-4-3-5-17(12-16)19(23)22-10-7-15(8-11-22)6-9-20-2/h3-5,12-13,15,20H,6-11H2,1-2H3. The first-order valence-corrected chi connectivity index (χ1v) is 9.52. The molecule has 3 rings (SSSR count). The van der Waals surface area contributed by atoms with Crippen molar-refractivity contribution in [3.05, 3.63) is 40.2 Å². The third-order valence-electron chi connectivity index (χ3n) is 4.73. The average molecular weight is 343 g/mol. The lowest BCUT2D eigenvalue weighted by Crippen LogP contribution is -2.38. The van der Waals surface area contributed by atoms with Crippen molar-refractivity contribution in [1.29, 1.82) is 0 Å². The van der Waals surface area contributed by atoms with Crippen molar-refractivity contribution in [3.63, 3.8) is 0 Å². The van der Waals surface area contributed by atoms with Gasteiger partial charge in [0, 0.05) is 29.6 Å². The molecule has 0 bridgehead atoms. The summed E-state index contributed by atoms with van der Waals surface area (Å²) in [5, 5.41) is 6.31. The van der Waals surface area contributed by atoms with Crippen LogP contribution in [0, 0.1) is 12.8 Å². The number of rotatable bonds is 5. The Labute approximate surface area is 147 Å². The number of aryl methyl sites for hydroxylation is 1. The van der Waals surface area contributed by atoms with Crippen molar-refractivity contribution in [2.45, 2.75) is 26.2 Å². The first-order chi connectivity index (χ1) is 11.7. The average Bonchev–Trinajstić information content (AvgIpc) is 3.06. The summed E-state index contributed by atoms with van der Waals surface area (Å²) in [6, 6.07) is 7.87. The molecule has 1 saturated heterocycles. The minimum atomic E-state index is 0.149. The Hall–Kier alpha value is -1.72. The third-order valence-corrected chi connectivity index (χ3v) is 5.50. The van der Waals surface area contributed by atoms with E-state index in [1.807, 2.05) is 48.5 Å². The van der Waals surface area contributed by atoms with E-state index in [0.29, 0.717) is 0 Å². The zero-order chi connectivity index (χ0) is 16.9. The Morgan fingerprint density at radius 3 is 2.83 bits per heavy atom. The number of likely N-dealkylation sites (tertiary alicyclic amines) is 1. The van der Waals surface area contributed by atoms with E-state index < -0.39 is 0 Å². The van der Waals surface area contributed by atoms with Gasteiger partial charge in [-0.25, -0.2) is 4.98 Å². The van der Waals surface area contributed by atoms with E-state index in [-0.39, 0.29) is 5.91 Å². The molecule has 1 fully saturated rings. The Bertz CT molecular complexity index is 689. The van der Waals surface area contributed by atoms with Gasteiger partial charge < -0.3 is 10.2 Å².